The fourth-order valence-corrected chi connectivity index (χ4v) is 5.85. The number of hydrogen-bond donors (Lipinski definition) is 2. The summed E-state index contributed by atoms with van der Waals surface area (Å²) in [5.74, 6) is -1.67. The minimum absolute atomic E-state index is 0.0508. The zero-order chi connectivity index (χ0) is 25.0. The van der Waals surface area contributed by atoms with Crippen molar-refractivity contribution in [3.63, 3.8) is 0 Å². The Balaban J connectivity index is 1.48. The van der Waals surface area contributed by atoms with Crippen molar-refractivity contribution in [3.05, 3.63) is 58.9 Å². The summed E-state index contributed by atoms with van der Waals surface area (Å²) in [6, 6.07) is 12.0. The maximum atomic E-state index is 13.1. The average molecular weight is 499 g/mol. The van der Waals surface area contributed by atoms with Crippen molar-refractivity contribution in [2.24, 2.45) is 5.92 Å². The highest BCUT2D eigenvalue weighted by molar-refractivity contribution is 7.92. The first-order chi connectivity index (χ1) is 16.8. The predicted molar refractivity (Wildman–Crippen MR) is 129 cm³/mol. The van der Waals surface area contributed by atoms with Crippen LogP contribution in [0, 0.1) is 5.92 Å². The number of anilines is 1. The molecule has 11 heteroatoms. The number of carbonyl (C=O) groups excluding carboxylic acids is 1. The van der Waals surface area contributed by atoms with Gasteiger partial charge in [0, 0.05) is 18.2 Å². The lowest BCUT2D eigenvalue weighted by molar-refractivity contribution is -0.136. The van der Waals surface area contributed by atoms with E-state index in [-0.39, 0.29) is 29.7 Å². The van der Waals surface area contributed by atoms with E-state index in [1.807, 2.05) is 0 Å². The Labute approximate surface area is 201 Å². The van der Waals surface area contributed by atoms with Crippen molar-refractivity contribution in [1.29, 1.82) is 0 Å². The lowest BCUT2D eigenvalue weighted by atomic mass is 9.88. The van der Waals surface area contributed by atoms with Crippen LogP contribution in [-0.2, 0) is 26.0 Å². The van der Waals surface area contributed by atoms with E-state index in [0.29, 0.717) is 16.6 Å². The van der Waals surface area contributed by atoms with Crippen molar-refractivity contribution >= 4 is 38.3 Å². The second-order valence-corrected chi connectivity index (χ2v) is 10.8. The summed E-state index contributed by atoms with van der Waals surface area (Å²) in [6.45, 7) is -0.234. The molecule has 0 radical (unpaired) electrons. The van der Waals surface area contributed by atoms with Crippen LogP contribution in [0.5, 0.6) is 0 Å². The van der Waals surface area contributed by atoms with Crippen LogP contribution in [-0.4, -0.2) is 45.6 Å². The van der Waals surface area contributed by atoms with E-state index in [9.17, 15) is 27.9 Å². The van der Waals surface area contributed by atoms with Gasteiger partial charge in [0.25, 0.3) is 5.56 Å². The fraction of sp³-hybridized carbons (Fsp3) is 0.375. The van der Waals surface area contributed by atoms with Crippen molar-refractivity contribution in [2.45, 2.75) is 55.2 Å². The summed E-state index contributed by atoms with van der Waals surface area (Å²) >= 11 is 0. The molecule has 0 bridgehead atoms. The molecule has 1 unspecified atom stereocenters. The smallest absolute Gasteiger partial charge is 0.322 e. The van der Waals surface area contributed by atoms with Gasteiger partial charge in [-0.3, -0.25) is 14.4 Å². The molecule has 1 aliphatic rings. The number of carbonyl (C=O) groups is 2. The molecule has 0 aliphatic heterocycles. The normalized spacial score (nSPS) is 15.5. The van der Waals surface area contributed by atoms with Gasteiger partial charge in [-0.1, -0.05) is 36.6 Å². The Hall–Kier alpha value is -3.60. The SMILES string of the molecule is O=C(Nc1ccc(S(=O)(=O)C(CCn2nnc3ccccc3c2=O)C(=O)O)cc1)C1CCCCC1. The molecular formula is C24H26N4O6S. The Morgan fingerprint density at radius 1 is 1.06 bits per heavy atom. The van der Waals surface area contributed by atoms with E-state index in [2.05, 4.69) is 15.6 Å². The minimum Gasteiger partial charge on any atom is -0.480 e. The van der Waals surface area contributed by atoms with E-state index in [1.165, 1.54) is 24.3 Å². The zero-order valence-corrected chi connectivity index (χ0v) is 19.8. The van der Waals surface area contributed by atoms with Crippen LogP contribution in [0.25, 0.3) is 10.9 Å². The van der Waals surface area contributed by atoms with Crippen LogP contribution < -0.4 is 10.9 Å². The molecule has 2 N–H and O–H groups in total. The summed E-state index contributed by atoms with van der Waals surface area (Å²) < 4.78 is 27.1. The van der Waals surface area contributed by atoms with Gasteiger partial charge in [0.05, 0.1) is 10.3 Å². The lowest BCUT2D eigenvalue weighted by Crippen LogP contribution is -2.34. The van der Waals surface area contributed by atoms with Gasteiger partial charge in [-0.05, 0) is 55.7 Å². The maximum Gasteiger partial charge on any atom is 0.322 e. The van der Waals surface area contributed by atoms with Gasteiger partial charge in [0.1, 0.15) is 5.52 Å². The fourth-order valence-electron chi connectivity index (χ4n) is 4.32. The second kappa shape index (κ2) is 10.3. The molecule has 1 aliphatic carbocycles. The van der Waals surface area contributed by atoms with Gasteiger partial charge in [-0.2, -0.15) is 0 Å². The zero-order valence-electron chi connectivity index (χ0n) is 19.0. The Bertz CT molecular complexity index is 1400. The van der Waals surface area contributed by atoms with Crippen LogP contribution in [0.4, 0.5) is 5.69 Å². The topological polar surface area (TPSA) is 148 Å². The number of carboxylic acid groups (broad SMARTS) is 1. The van der Waals surface area contributed by atoms with E-state index in [1.54, 1.807) is 24.3 Å². The number of carboxylic acids is 1. The first kappa shape index (κ1) is 24.5. The molecule has 4 rings (SSSR count). The lowest BCUT2D eigenvalue weighted by Gasteiger charge is -2.20. The number of hydrogen-bond acceptors (Lipinski definition) is 7. The largest absolute Gasteiger partial charge is 0.480 e. The molecule has 184 valence electrons. The van der Waals surface area contributed by atoms with Gasteiger partial charge >= 0.3 is 5.97 Å². The molecule has 0 saturated heterocycles. The number of fused-ring (bicyclic) bond motifs is 1. The molecule has 35 heavy (non-hydrogen) atoms. The van der Waals surface area contributed by atoms with Gasteiger partial charge in [0.15, 0.2) is 15.1 Å². The van der Waals surface area contributed by atoms with E-state index >= 15 is 0 Å². The van der Waals surface area contributed by atoms with Crippen molar-refractivity contribution in [2.75, 3.05) is 5.32 Å². The molecule has 1 saturated carbocycles. The molecule has 1 atom stereocenters. The summed E-state index contributed by atoms with van der Waals surface area (Å²) in [5.41, 5.74) is 0.367. The van der Waals surface area contributed by atoms with Gasteiger partial charge in [0.2, 0.25) is 5.91 Å². The molecular weight excluding hydrogens is 472 g/mol. The number of aryl methyl sites for hydroxylation is 1. The standard InChI is InChI=1S/C24H26N4O6S/c29-22(16-6-2-1-3-7-16)25-17-10-12-18(13-11-17)35(33,34)21(24(31)32)14-15-28-23(30)19-8-4-5-9-20(19)26-27-28/h4-5,8-13,16,21H,1-3,6-7,14-15H2,(H,25,29)(H,31,32). The first-order valence-electron chi connectivity index (χ1n) is 11.5. The third-order valence-corrected chi connectivity index (χ3v) is 8.42. The third-order valence-electron chi connectivity index (χ3n) is 6.31. The first-order valence-corrected chi connectivity index (χ1v) is 13.0. The van der Waals surface area contributed by atoms with Crippen LogP contribution in [0.2, 0.25) is 0 Å². The van der Waals surface area contributed by atoms with Crippen molar-refractivity contribution < 1.29 is 23.1 Å². The summed E-state index contributed by atoms with van der Waals surface area (Å²) in [4.78, 5) is 36.7. The predicted octanol–water partition coefficient (Wildman–Crippen LogP) is 2.63. The number of aromatic nitrogens is 3. The van der Waals surface area contributed by atoms with Crippen LogP contribution in [0.15, 0.2) is 58.2 Å². The molecule has 1 amide bonds. The Morgan fingerprint density at radius 2 is 1.74 bits per heavy atom. The Kier molecular flexibility index (Phi) is 7.25. The molecule has 1 aromatic heterocycles. The van der Waals surface area contributed by atoms with Gasteiger partial charge in [-0.15, -0.1) is 5.10 Å². The average Bonchev–Trinajstić information content (AvgIpc) is 2.86. The number of nitrogens with zero attached hydrogens (tertiary/aromatic N) is 3. The second-order valence-electron chi connectivity index (χ2n) is 8.64. The minimum atomic E-state index is -4.27. The van der Waals surface area contributed by atoms with Gasteiger partial charge in [-0.25, -0.2) is 13.1 Å². The van der Waals surface area contributed by atoms with Gasteiger partial charge < -0.3 is 10.4 Å². The highest BCUT2D eigenvalue weighted by Crippen LogP contribution is 2.26. The highest BCUT2D eigenvalue weighted by atomic mass is 32.2. The van der Waals surface area contributed by atoms with Crippen molar-refractivity contribution in [1.82, 2.24) is 15.0 Å². The third kappa shape index (κ3) is 5.40. The van der Waals surface area contributed by atoms with Crippen LogP contribution >= 0.6 is 0 Å². The number of nitrogens with one attached hydrogen (secondary N) is 1. The number of aliphatic carboxylic acids is 1. The molecule has 0 spiro atoms. The summed E-state index contributed by atoms with van der Waals surface area (Å²) in [6.07, 6.45) is 4.46. The molecule has 1 heterocycles. The van der Waals surface area contributed by atoms with Crippen LogP contribution in [0.1, 0.15) is 38.5 Å². The van der Waals surface area contributed by atoms with E-state index in [4.69, 9.17) is 0 Å². The molecule has 3 aromatic rings. The number of amides is 1. The molecule has 2 aromatic carbocycles. The monoisotopic (exact) mass is 498 g/mol. The quantitative estimate of drug-likeness (QED) is 0.481. The van der Waals surface area contributed by atoms with E-state index < -0.39 is 26.6 Å². The highest BCUT2D eigenvalue weighted by Gasteiger charge is 2.34. The number of sulfone groups is 1. The van der Waals surface area contributed by atoms with Crippen LogP contribution in [0.3, 0.4) is 0 Å². The van der Waals surface area contributed by atoms with Crippen molar-refractivity contribution in [3.8, 4) is 0 Å². The summed E-state index contributed by atoms with van der Waals surface area (Å²) in [5, 5.41) is 18.7. The Morgan fingerprint density at radius 3 is 2.43 bits per heavy atom. The summed E-state index contributed by atoms with van der Waals surface area (Å²) in [7, 11) is -4.27. The number of benzene rings is 2. The molecule has 10 nitrogen and oxygen atoms in total. The molecule has 1 fully saturated rings. The number of rotatable bonds is 8. The maximum absolute atomic E-state index is 13.1. The van der Waals surface area contributed by atoms with E-state index in [0.717, 1.165) is 36.8 Å².